The molecule has 0 aliphatic heterocycles. The zero-order valence-electron chi connectivity index (χ0n) is 10.2. The van der Waals surface area contributed by atoms with Gasteiger partial charge in [-0.2, -0.15) is 0 Å². The summed E-state index contributed by atoms with van der Waals surface area (Å²) in [4.78, 5) is 10.3. The van der Waals surface area contributed by atoms with Crippen LogP contribution in [0.15, 0.2) is 24.3 Å². The predicted octanol–water partition coefficient (Wildman–Crippen LogP) is 1.98. The minimum Gasteiger partial charge on any atom is -0.327 e. The number of nitro benzene ring substituents is 1. The topological polar surface area (TPSA) is 81.2 Å². The average molecular weight is 237 g/mol. The van der Waals surface area contributed by atoms with E-state index in [1.165, 1.54) is 6.07 Å². The smallest absolute Gasteiger partial charge is 0.269 e. The van der Waals surface area contributed by atoms with E-state index in [1.807, 2.05) is 19.9 Å². The maximum atomic E-state index is 10.7. The second-order valence-electron chi connectivity index (χ2n) is 4.15. The molecule has 0 saturated heterocycles. The molecule has 5 heteroatoms. The standard InChI is InChI=1S/C12H19N3O2/c1-3-11(13)8-14-9(2)10-5-4-6-12(7-10)15(16)17/h4-7,9,11,14H,3,8,13H2,1-2H3. The normalized spacial score (nSPS) is 14.3. The summed E-state index contributed by atoms with van der Waals surface area (Å²) in [5.74, 6) is 0. The molecule has 2 atom stereocenters. The highest BCUT2D eigenvalue weighted by Gasteiger charge is 2.11. The van der Waals surface area contributed by atoms with Gasteiger partial charge in [-0.15, -0.1) is 0 Å². The van der Waals surface area contributed by atoms with Crippen molar-refractivity contribution in [2.75, 3.05) is 6.54 Å². The van der Waals surface area contributed by atoms with Crippen LogP contribution in [0, 0.1) is 10.1 Å². The van der Waals surface area contributed by atoms with Gasteiger partial charge in [0.1, 0.15) is 0 Å². The Balaban J connectivity index is 2.65. The monoisotopic (exact) mass is 237 g/mol. The minimum absolute atomic E-state index is 0.0625. The van der Waals surface area contributed by atoms with Crippen molar-refractivity contribution in [3.05, 3.63) is 39.9 Å². The van der Waals surface area contributed by atoms with Gasteiger partial charge in [-0.05, 0) is 18.9 Å². The van der Waals surface area contributed by atoms with Crippen molar-refractivity contribution in [1.82, 2.24) is 5.32 Å². The molecular weight excluding hydrogens is 218 g/mol. The number of nitro groups is 1. The van der Waals surface area contributed by atoms with Gasteiger partial charge in [-0.25, -0.2) is 0 Å². The first-order valence-corrected chi connectivity index (χ1v) is 5.78. The van der Waals surface area contributed by atoms with E-state index in [4.69, 9.17) is 5.73 Å². The molecule has 1 aromatic carbocycles. The summed E-state index contributed by atoms with van der Waals surface area (Å²) in [6.07, 6.45) is 0.911. The highest BCUT2D eigenvalue weighted by molar-refractivity contribution is 5.35. The van der Waals surface area contributed by atoms with E-state index < -0.39 is 0 Å². The van der Waals surface area contributed by atoms with Crippen LogP contribution in [0.5, 0.6) is 0 Å². The van der Waals surface area contributed by atoms with Crippen LogP contribution < -0.4 is 11.1 Å². The van der Waals surface area contributed by atoms with Crippen molar-refractivity contribution in [3.8, 4) is 0 Å². The maximum absolute atomic E-state index is 10.7. The second kappa shape index (κ2) is 6.32. The minimum atomic E-state index is -0.381. The lowest BCUT2D eigenvalue weighted by Crippen LogP contribution is -2.34. The highest BCUT2D eigenvalue weighted by atomic mass is 16.6. The molecule has 2 unspecified atom stereocenters. The Kier molecular flexibility index (Phi) is 5.06. The van der Waals surface area contributed by atoms with Crippen LogP contribution in [0.4, 0.5) is 5.69 Å². The van der Waals surface area contributed by atoms with E-state index in [-0.39, 0.29) is 22.7 Å². The number of non-ortho nitro benzene ring substituents is 1. The molecule has 3 N–H and O–H groups in total. The van der Waals surface area contributed by atoms with E-state index >= 15 is 0 Å². The van der Waals surface area contributed by atoms with Gasteiger partial charge < -0.3 is 11.1 Å². The Morgan fingerprint density at radius 3 is 2.82 bits per heavy atom. The average Bonchev–Trinajstić information content (AvgIpc) is 2.35. The quantitative estimate of drug-likeness (QED) is 0.585. The van der Waals surface area contributed by atoms with Crippen molar-refractivity contribution < 1.29 is 4.92 Å². The largest absolute Gasteiger partial charge is 0.327 e. The zero-order valence-corrected chi connectivity index (χ0v) is 10.2. The van der Waals surface area contributed by atoms with Crippen molar-refractivity contribution in [2.45, 2.75) is 32.4 Å². The first-order valence-electron chi connectivity index (χ1n) is 5.78. The van der Waals surface area contributed by atoms with Gasteiger partial charge in [0.05, 0.1) is 4.92 Å². The molecule has 0 radical (unpaired) electrons. The molecular formula is C12H19N3O2. The summed E-state index contributed by atoms with van der Waals surface area (Å²) >= 11 is 0. The fourth-order valence-corrected chi connectivity index (χ4v) is 1.50. The van der Waals surface area contributed by atoms with Crippen LogP contribution in [0.1, 0.15) is 31.9 Å². The first kappa shape index (κ1) is 13.6. The number of nitrogens with two attached hydrogens (primary N) is 1. The maximum Gasteiger partial charge on any atom is 0.269 e. The number of hydrogen-bond acceptors (Lipinski definition) is 4. The number of benzene rings is 1. The van der Waals surface area contributed by atoms with E-state index in [0.29, 0.717) is 6.54 Å². The SMILES string of the molecule is CCC(N)CNC(C)c1cccc([N+](=O)[O-])c1. The van der Waals surface area contributed by atoms with Gasteiger partial charge >= 0.3 is 0 Å². The van der Waals surface area contributed by atoms with E-state index in [9.17, 15) is 10.1 Å². The summed E-state index contributed by atoms with van der Waals surface area (Å²) in [5, 5.41) is 13.9. The van der Waals surface area contributed by atoms with Gasteiger partial charge in [-0.3, -0.25) is 10.1 Å². The van der Waals surface area contributed by atoms with Crippen LogP contribution in [-0.2, 0) is 0 Å². The Hall–Kier alpha value is -1.46. The summed E-state index contributed by atoms with van der Waals surface area (Å²) in [7, 11) is 0. The lowest BCUT2D eigenvalue weighted by Gasteiger charge is -2.17. The molecule has 0 saturated carbocycles. The van der Waals surface area contributed by atoms with E-state index in [2.05, 4.69) is 5.32 Å². The fourth-order valence-electron chi connectivity index (χ4n) is 1.50. The van der Waals surface area contributed by atoms with E-state index in [1.54, 1.807) is 12.1 Å². The lowest BCUT2D eigenvalue weighted by atomic mass is 10.1. The van der Waals surface area contributed by atoms with Crippen molar-refractivity contribution >= 4 is 5.69 Å². The molecule has 94 valence electrons. The van der Waals surface area contributed by atoms with Crippen LogP contribution in [0.3, 0.4) is 0 Å². The molecule has 0 heterocycles. The molecule has 0 bridgehead atoms. The summed E-state index contributed by atoms with van der Waals surface area (Å²) in [6, 6.07) is 6.85. The Morgan fingerprint density at radius 2 is 2.24 bits per heavy atom. The Bertz CT molecular complexity index is 382. The van der Waals surface area contributed by atoms with Gasteiger partial charge in [-0.1, -0.05) is 19.1 Å². The first-order chi connectivity index (χ1) is 8.04. The summed E-state index contributed by atoms with van der Waals surface area (Å²) in [6.45, 7) is 4.71. The van der Waals surface area contributed by atoms with Gasteiger partial charge in [0.25, 0.3) is 5.69 Å². The van der Waals surface area contributed by atoms with Crippen molar-refractivity contribution in [1.29, 1.82) is 0 Å². The van der Waals surface area contributed by atoms with Crippen LogP contribution in [0.25, 0.3) is 0 Å². The summed E-state index contributed by atoms with van der Waals surface area (Å²) < 4.78 is 0. The van der Waals surface area contributed by atoms with E-state index in [0.717, 1.165) is 12.0 Å². The van der Waals surface area contributed by atoms with Crippen LogP contribution in [0.2, 0.25) is 0 Å². The molecule has 1 rings (SSSR count). The van der Waals surface area contributed by atoms with Crippen molar-refractivity contribution in [3.63, 3.8) is 0 Å². The second-order valence-corrected chi connectivity index (χ2v) is 4.15. The fraction of sp³-hybridized carbons (Fsp3) is 0.500. The molecule has 0 aliphatic rings. The molecule has 17 heavy (non-hydrogen) atoms. The number of nitrogens with one attached hydrogen (secondary N) is 1. The Labute approximate surface area is 101 Å². The third-order valence-electron chi connectivity index (χ3n) is 2.79. The van der Waals surface area contributed by atoms with Crippen molar-refractivity contribution in [2.24, 2.45) is 5.73 Å². The Morgan fingerprint density at radius 1 is 1.53 bits per heavy atom. The van der Waals surface area contributed by atoms with Gasteiger partial charge in [0.15, 0.2) is 0 Å². The van der Waals surface area contributed by atoms with Gasteiger partial charge in [0, 0.05) is 30.8 Å². The lowest BCUT2D eigenvalue weighted by molar-refractivity contribution is -0.384. The van der Waals surface area contributed by atoms with Crippen LogP contribution >= 0.6 is 0 Å². The number of rotatable bonds is 6. The molecule has 5 nitrogen and oxygen atoms in total. The molecule has 1 aromatic rings. The third-order valence-corrected chi connectivity index (χ3v) is 2.79. The predicted molar refractivity (Wildman–Crippen MR) is 67.8 cm³/mol. The molecule has 0 spiro atoms. The molecule has 0 aromatic heterocycles. The number of hydrogen-bond donors (Lipinski definition) is 2. The molecule has 0 aliphatic carbocycles. The third kappa shape index (κ3) is 4.13. The molecule has 0 amide bonds. The van der Waals surface area contributed by atoms with Crippen LogP contribution in [-0.4, -0.2) is 17.5 Å². The zero-order chi connectivity index (χ0) is 12.8. The van der Waals surface area contributed by atoms with Gasteiger partial charge in [0.2, 0.25) is 0 Å². The summed E-state index contributed by atoms with van der Waals surface area (Å²) in [5.41, 5.74) is 6.83. The molecule has 0 fully saturated rings. The number of nitrogens with zero attached hydrogens (tertiary/aromatic N) is 1. The highest BCUT2D eigenvalue weighted by Crippen LogP contribution is 2.18.